The molecule has 170 valence electrons. The van der Waals surface area contributed by atoms with Crippen molar-refractivity contribution in [1.29, 1.82) is 0 Å². The van der Waals surface area contributed by atoms with E-state index in [1.807, 2.05) is 35.3 Å². The number of hydrogen-bond donors (Lipinski definition) is 2. The topological polar surface area (TPSA) is 127 Å². The number of benzene rings is 2. The molecule has 2 N–H and O–H groups in total. The van der Waals surface area contributed by atoms with Crippen molar-refractivity contribution in [2.24, 2.45) is 0 Å². The van der Waals surface area contributed by atoms with Gasteiger partial charge in [0.15, 0.2) is 11.5 Å². The lowest BCUT2D eigenvalue weighted by atomic mass is 10.0. The zero-order chi connectivity index (χ0) is 24.0. The Balaban J connectivity index is 1.97. The van der Waals surface area contributed by atoms with E-state index in [1.54, 1.807) is 12.1 Å². The second-order valence-electron chi connectivity index (χ2n) is 6.88. The van der Waals surface area contributed by atoms with E-state index in [0.29, 0.717) is 30.1 Å². The molecule has 0 amide bonds. The van der Waals surface area contributed by atoms with Crippen LogP contribution < -0.4 is 20.7 Å². The number of allylic oxidation sites excluding steroid dienone is 1. The van der Waals surface area contributed by atoms with E-state index >= 15 is 0 Å². The van der Waals surface area contributed by atoms with Crippen LogP contribution in [0.3, 0.4) is 0 Å². The fourth-order valence-electron chi connectivity index (χ4n) is 3.12. The predicted molar refractivity (Wildman–Crippen MR) is 129 cm³/mol. The summed E-state index contributed by atoms with van der Waals surface area (Å²) in [6.45, 7) is 4.10. The van der Waals surface area contributed by atoms with Gasteiger partial charge < -0.3 is 14.5 Å². The molecule has 0 aliphatic rings. The molecule has 0 bridgehead atoms. The Morgan fingerprint density at radius 3 is 2.52 bits per heavy atom. The lowest BCUT2D eigenvalue weighted by Crippen LogP contribution is -2.25. The molecule has 33 heavy (non-hydrogen) atoms. The maximum absolute atomic E-state index is 11.8. The standard InChI is InChI=1S/C23H20BrN3O6/c1-3-4-16-11-15(7-10-18-20(27(30)31)22(28)26-23(29)25-18)12-19(32-2)21(16)33-13-14-5-8-17(24)9-6-14/h3,5-12H,1,4,13H2,2H3,(H2,25,26,28,29)/b10-7+. The van der Waals surface area contributed by atoms with E-state index in [2.05, 4.69) is 27.5 Å². The molecule has 0 aliphatic carbocycles. The number of aromatic nitrogens is 2. The van der Waals surface area contributed by atoms with Crippen molar-refractivity contribution in [3.63, 3.8) is 0 Å². The van der Waals surface area contributed by atoms with Crippen molar-refractivity contribution in [2.45, 2.75) is 13.0 Å². The molecule has 0 spiro atoms. The first-order chi connectivity index (χ1) is 15.8. The minimum Gasteiger partial charge on any atom is -0.493 e. The van der Waals surface area contributed by atoms with Crippen molar-refractivity contribution in [3.8, 4) is 11.5 Å². The Bertz CT molecular complexity index is 1330. The number of aromatic amines is 2. The maximum atomic E-state index is 11.8. The summed E-state index contributed by atoms with van der Waals surface area (Å²) >= 11 is 3.40. The van der Waals surface area contributed by atoms with Crippen LogP contribution in [-0.2, 0) is 13.0 Å². The molecular formula is C23H20BrN3O6. The Morgan fingerprint density at radius 1 is 1.15 bits per heavy atom. The third kappa shape index (κ3) is 5.86. The van der Waals surface area contributed by atoms with Gasteiger partial charge in [-0.2, -0.15) is 0 Å². The second kappa shape index (κ2) is 10.6. The number of nitro groups is 1. The molecule has 0 saturated heterocycles. The molecule has 3 rings (SSSR count). The summed E-state index contributed by atoms with van der Waals surface area (Å²) in [5.41, 5.74) is -0.506. The number of ether oxygens (including phenoxy) is 2. The Labute approximate surface area is 196 Å². The van der Waals surface area contributed by atoms with Gasteiger partial charge >= 0.3 is 16.9 Å². The number of halogens is 1. The first kappa shape index (κ1) is 23.7. The van der Waals surface area contributed by atoms with E-state index in [-0.39, 0.29) is 5.69 Å². The average molecular weight is 514 g/mol. The highest BCUT2D eigenvalue weighted by Crippen LogP contribution is 2.35. The van der Waals surface area contributed by atoms with Gasteiger partial charge in [-0.3, -0.25) is 19.9 Å². The molecule has 0 aliphatic heterocycles. The highest BCUT2D eigenvalue weighted by molar-refractivity contribution is 9.10. The third-order valence-corrected chi connectivity index (χ3v) is 5.13. The molecular weight excluding hydrogens is 494 g/mol. The van der Waals surface area contributed by atoms with E-state index in [0.717, 1.165) is 15.6 Å². The normalized spacial score (nSPS) is 10.8. The highest BCUT2D eigenvalue weighted by atomic mass is 79.9. The lowest BCUT2D eigenvalue weighted by Gasteiger charge is -2.16. The van der Waals surface area contributed by atoms with E-state index < -0.39 is 21.9 Å². The highest BCUT2D eigenvalue weighted by Gasteiger charge is 2.19. The fraction of sp³-hybridized carbons (Fsp3) is 0.130. The van der Waals surface area contributed by atoms with Gasteiger partial charge in [0.2, 0.25) is 0 Å². The summed E-state index contributed by atoms with van der Waals surface area (Å²) in [4.78, 5) is 37.9. The SMILES string of the molecule is C=CCc1cc(/C=C/c2[nH]c(=O)[nH]c(=O)c2[N+](=O)[O-])cc(OC)c1OCc1ccc(Br)cc1. The number of rotatable bonds is 9. The van der Waals surface area contributed by atoms with Crippen LogP contribution in [0.2, 0.25) is 0 Å². The van der Waals surface area contributed by atoms with Crippen LogP contribution in [0.5, 0.6) is 11.5 Å². The average Bonchev–Trinajstić information content (AvgIpc) is 2.77. The molecule has 0 fully saturated rings. The summed E-state index contributed by atoms with van der Waals surface area (Å²) in [5.74, 6) is 1.01. The van der Waals surface area contributed by atoms with E-state index in [4.69, 9.17) is 9.47 Å². The van der Waals surface area contributed by atoms with Gasteiger partial charge in [-0.05, 0) is 47.9 Å². The van der Waals surface area contributed by atoms with Gasteiger partial charge in [0.1, 0.15) is 12.3 Å². The number of methoxy groups -OCH3 is 1. The lowest BCUT2D eigenvalue weighted by molar-refractivity contribution is -0.386. The van der Waals surface area contributed by atoms with Crippen LogP contribution in [0, 0.1) is 10.1 Å². The summed E-state index contributed by atoms with van der Waals surface area (Å²) in [5, 5.41) is 11.2. The second-order valence-corrected chi connectivity index (χ2v) is 7.80. The Hall–Kier alpha value is -3.92. The molecule has 1 aromatic heterocycles. The summed E-state index contributed by atoms with van der Waals surface area (Å²) in [6, 6.07) is 11.2. The van der Waals surface area contributed by atoms with E-state index in [9.17, 15) is 19.7 Å². The Morgan fingerprint density at radius 2 is 1.88 bits per heavy atom. The quantitative estimate of drug-likeness (QED) is 0.250. The zero-order valence-corrected chi connectivity index (χ0v) is 19.2. The van der Waals surface area contributed by atoms with Gasteiger partial charge in [-0.25, -0.2) is 4.79 Å². The number of nitrogens with one attached hydrogen (secondary N) is 2. The molecule has 10 heteroatoms. The van der Waals surface area contributed by atoms with E-state index in [1.165, 1.54) is 19.3 Å². The van der Waals surface area contributed by atoms with Crippen molar-refractivity contribution in [1.82, 2.24) is 9.97 Å². The van der Waals surface area contributed by atoms with Crippen molar-refractivity contribution in [3.05, 3.63) is 107 Å². The zero-order valence-electron chi connectivity index (χ0n) is 17.6. The minimum absolute atomic E-state index is 0.214. The molecule has 0 unspecified atom stereocenters. The molecule has 3 aromatic rings. The van der Waals surface area contributed by atoms with Gasteiger partial charge in [0, 0.05) is 10.0 Å². The Kier molecular flexibility index (Phi) is 7.62. The number of H-pyrrole nitrogens is 2. The fourth-order valence-corrected chi connectivity index (χ4v) is 3.38. The van der Waals surface area contributed by atoms with Crippen LogP contribution in [-0.4, -0.2) is 22.0 Å². The third-order valence-electron chi connectivity index (χ3n) is 4.61. The van der Waals surface area contributed by atoms with Crippen LogP contribution in [0.1, 0.15) is 22.4 Å². The predicted octanol–water partition coefficient (Wildman–Crippen LogP) is 4.22. The molecule has 1 heterocycles. The van der Waals surface area contributed by atoms with Crippen LogP contribution in [0.15, 0.2) is 63.1 Å². The van der Waals surface area contributed by atoms with Gasteiger partial charge in [-0.15, -0.1) is 6.58 Å². The summed E-state index contributed by atoms with van der Waals surface area (Å²) < 4.78 is 12.5. The van der Waals surface area contributed by atoms with Crippen molar-refractivity contribution in [2.75, 3.05) is 7.11 Å². The molecule has 0 saturated carbocycles. The van der Waals surface area contributed by atoms with Gasteiger partial charge in [0.05, 0.1) is 12.0 Å². The van der Waals surface area contributed by atoms with Crippen LogP contribution in [0.4, 0.5) is 5.69 Å². The first-order valence-electron chi connectivity index (χ1n) is 9.70. The van der Waals surface area contributed by atoms with Crippen LogP contribution in [0.25, 0.3) is 12.2 Å². The number of hydrogen-bond acceptors (Lipinski definition) is 6. The van der Waals surface area contributed by atoms with Gasteiger partial charge in [0.25, 0.3) is 0 Å². The molecule has 9 nitrogen and oxygen atoms in total. The molecule has 0 atom stereocenters. The molecule has 0 radical (unpaired) electrons. The first-order valence-corrected chi connectivity index (χ1v) is 10.5. The van der Waals surface area contributed by atoms with Gasteiger partial charge in [-0.1, -0.05) is 40.2 Å². The van der Waals surface area contributed by atoms with Crippen molar-refractivity contribution < 1.29 is 14.4 Å². The minimum atomic E-state index is -1.08. The molecule has 2 aromatic carbocycles. The summed E-state index contributed by atoms with van der Waals surface area (Å²) in [6.07, 6.45) is 5.03. The largest absolute Gasteiger partial charge is 0.493 e. The van der Waals surface area contributed by atoms with Crippen LogP contribution >= 0.6 is 15.9 Å². The number of nitrogens with zero attached hydrogens (tertiary/aromatic N) is 1. The van der Waals surface area contributed by atoms with Crippen molar-refractivity contribution >= 4 is 33.8 Å². The maximum Gasteiger partial charge on any atom is 0.357 e. The smallest absolute Gasteiger partial charge is 0.357 e. The monoisotopic (exact) mass is 513 g/mol. The summed E-state index contributed by atoms with van der Waals surface area (Å²) in [7, 11) is 1.51.